The zero-order chi connectivity index (χ0) is 27.0. The average molecular weight is 573 g/mol. The number of anilines is 2. The first-order chi connectivity index (χ1) is 18.3. The van der Waals surface area contributed by atoms with Gasteiger partial charge in [-0.1, -0.05) is 37.3 Å². The molecule has 4 rings (SSSR count). The molecule has 3 aromatic carbocycles. The third-order valence-corrected chi connectivity index (χ3v) is 7.08. The number of nitrogens with zero attached hydrogens (tertiary/aromatic N) is 2. The highest BCUT2D eigenvalue weighted by Gasteiger charge is 2.27. The van der Waals surface area contributed by atoms with Crippen molar-refractivity contribution in [2.45, 2.75) is 38.8 Å². The van der Waals surface area contributed by atoms with Crippen LogP contribution < -0.4 is 14.8 Å². The number of ether oxygens (including phenoxy) is 1. The van der Waals surface area contributed by atoms with Gasteiger partial charge in [-0.2, -0.15) is 0 Å². The Morgan fingerprint density at radius 3 is 2.08 bits per heavy atom. The number of sulfonamides is 1. The van der Waals surface area contributed by atoms with Crippen molar-refractivity contribution in [3.63, 3.8) is 0 Å². The summed E-state index contributed by atoms with van der Waals surface area (Å²) in [4.78, 5) is 17.4. The molecule has 0 spiro atoms. The van der Waals surface area contributed by atoms with Gasteiger partial charge in [0.1, 0.15) is 11.5 Å². The summed E-state index contributed by atoms with van der Waals surface area (Å²) in [7, 11) is -3.31. The number of likely N-dealkylation sites (tertiary alicyclic amines) is 1. The average Bonchev–Trinajstić information content (AvgIpc) is 2.90. The van der Waals surface area contributed by atoms with Crippen molar-refractivity contribution in [3.8, 4) is 11.5 Å². The number of piperidine rings is 1. The number of hydrogen-bond donors (Lipinski definition) is 2. The van der Waals surface area contributed by atoms with E-state index in [1.165, 1.54) is 5.56 Å². The highest BCUT2D eigenvalue weighted by atomic mass is 35.5. The van der Waals surface area contributed by atoms with Crippen molar-refractivity contribution in [3.05, 3.63) is 84.4 Å². The van der Waals surface area contributed by atoms with Crippen LogP contribution in [0.2, 0.25) is 0 Å². The number of carbonyl (C=O) groups is 1. The van der Waals surface area contributed by atoms with E-state index in [0.29, 0.717) is 11.4 Å². The minimum Gasteiger partial charge on any atom is -0.457 e. The lowest BCUT2D eigenvalue weighted by Gasteiger charge is -2.38. The molecule has 3 aromatic rings. The summed E-state index contributed by atoms with van der Waals surface area (Å²) in [5.41, 5.74) is 2.52. The van der Waals surface area contributed by atoms with Gasteiger partial charge >= 0.3 is 6.03 Å². The quantitative estimate of drug-likeness (QED) is 0.303. The van der Waals surface area contributed by atoms with Crippen molar-refractivity contribution >= 4 is 39.8 Å². The molecule has 8 nitrogen and oxygen atoms in total. The molecule has 1 heterocycles. The second kappa shape index (κ2) is 14.2. The van der Waals surface area contributed by atoms with Crippen LogP contribution >= 0.6 is 12.4 Å². The fourth-order valence-corrected chi connectivity index (χ4v) is 5.22. The molecule has 0 radical (unpaired) electrons. The number of hydrogen-bond acceptors (Lipinski definition) is 5. The summed E-state index contributed by atoms with van der Waals surface area (Å²) >= 11 is 0. The first kappa shape index (κ1) is 30.3. The number of para-hydroxylation sites is 1. The predicted octanol–water partition coefficient (Wildman–Crippen LogP) is 6.18. The van der Waals surface area contributed by atoms with Gasteiger partial charge in [0, 0.05) is 43.6 Å². The van der Waals surface area contributed by atoms with E-state index in [-0.39, 0.29) is 24.5 Å². The summed E-state index contributed by atoms with van der Waals surface area (Å²) in [6.07, 6.45) is 3.95. The molecule has 0 aromatic heterocycles. The molecule has 1 saturated heterocycles. The molecule has 1 fully saturated rings. The second-order valence-electron chi connectivity index (χ2n) is 9.64. The summed E-state index contributed by atoms with van der Waals surface area (Å²) in [6.45, 7) is 5.59. The highest BCUT2D eigenvalue weighted by molar-refractivity contribution is 7.92. The molecule has 2 N–H and O–H groups in total. The molecular weight excluding hydrogens is 536 g/mol. The fourth-order valence-electron chi connectivity index (χ4n) is 4.66. The summed E-state index contributed by atoms with van der Waals surface area (Å²) in [6, 6.07) is 24.7. The van der Waals surface area contributed by atoms with Crippen molar-refractivity contribution in [2.24, 2.45) is 0 Å². The number of nitrogens with one attached hydrogen (secondary N) is 2. The molecule has 0 unspecified atom stereocenters. The van der Waals surface area contributed by atoms with Crippen LogP contribution in [0.3, 0.4) is 0 Å². The Kier molecular flexibility index (Phi) is 11.0. The van der Waals surface area contributed by atoms with Gasteiger partial charge in [0.2, 0.25) is 10.0 Å². The van der Waals surface area contributed by atoms with Gasteiger partial charge in [0.15, 0.2) is 0 Å². The van der Waals surface area contributed by atoms with Gasteiger partial charge in [-0.25, -0.2) is 13.2 Å². The number of amides is 2. The second-order valence-corrected chi connectivity index (χ2v) is 11.4. The smallest absolute Gasteiger partial charge is 0.322 e. The van der Waals surface area contributed by atoms with E-state index in [1.54, 1.807) is 24.3 Å². The zero-order valence-corrected chi connectivity index (χ0v) is 24.0. The predicted molar refractivity (Wildman–Crippen MR) is 159 cm³/mol. The molecule has 0 bridgehead atoms. The van der Waals surface area contributed by atoms with Gasteiger partial charge in [0.25, 0.3) is 0 Å². The summed E-state index contributed by atoms with van der Waals surface area (Å²) in [5.74, 6) is 1.35. The van der Waals surface area contributed by atoms with Gasteiger partial charge < -0.3 is 15.0 Å². The topological polar surface area (TPSA) is 91.0 Å². The maximum Gasteiger partial charge on any atom is 0.322 e. The van der Waals surface area contributed by atoms with Crippen molar-refractivity contribution < 1.29 is 17.9 Å². The van der Waals surface area contributed by atoms with Crippen LogP contribution in [0.25, 0.3) is 0 Å². The largest absolute Gasteiger partial charge is 0.457 e. The Labute approximate surface area is 237 Å². The Morgan fingerprint density at radius 1 is 0.923 bits per heavy atom. The minimum atomic E-state index is -3.31. The third kappa shape index (κ3) is 9.45. The van der Waals surface area contributed by atoms with Gasteiger partial charge in [-0.15, -0.1) is 12.4 Å². The van der Waals surface area contributed by atoms with E-state index < -0.39 is 10.0 Å². The molecule has 0 atom stereocenters. The van der Waals surface area contributed by atoms with E-state index in [1.807, 2.05) is 47.4 Å². The Hall–Kier alpha value is -3.27. The lowest BCUT2D eigenvalue weighted by molar-refractivity contribution is 0.123. The monoisotopic (exact) mass is 572 g/mol. The number of rotatable bonds is 10. The van der Waals surface area contributed by atoms with Crippen molar-refractivity contribution in [1.82, 2.24) is 9.80 Å². The van der Waals surface area contributed by atoms with E-state index in [0.717, 1.165) is 63.1 Å². The van der Waals surface area contributed by atoms with Crippen LogP contribution in [0, 0.1) is 0 Å². The van der Waals surface area contributed by atoms with Crippen molar-refractivity contribution in [1.29, 1.82) is 0 Å². The van der Waals surface area contributed by atoms with E-state index in [4.69, 9.17) is 4.74 Å². The molecule has 10 heteroatoms. The molecule has 210 valence electrons. The lowest BCUT2D eigenvalue weighted by atomic mass is 10.0. The number of urea groups is 1. The van der Waals surface area contributed by atoms with Crippen LogP contribution in [-0.2, 0) is 16.6 Å². The van der Waals surface area contributed by atoms with Crippen LogP contribution in [0.4, 0.5) is 16.2 Å². The van der Waals surface area contributed by atoms with Crippen LogP contribution in [0.15, 0.2) is 78.9 Å². The third-order valence-electron chi connectivity index (χ3n) is 6.47. The number of carbonyl (C=O) groups excluding carboxylic acids is 1. The van der Waals surface area contributed by atoms with Crippen molar-refractivity contribution in [2.75, 3.05) is 35.9 Å². The first-order valence-electron chi connectivity index (χ1n) is 13.0. The Balaban J connectivity index is 0.00000420. The van der Waals surface area contributed by atoms with Gasteiger partial charge in [-0.3, -0.25) is 9.62 Å². The first-order valence-corrected chi connectivity index (χ1v) is 14.9. The SMILES string of the molecule is CCCN(C(=O)Nc1ccccc1)C1CCN(Cc2ccc(Oc3ccc(NS(C)(=O)=O)cc3)cc2)CC1.Cl. The minimum absolute atomic E-state index is 0. The molecule has 0 saturated carbocycles. The maximum atomic E-state index is 13.0. The lowest BCUT2D eigenvalue weighted by Crippen LogP contribution is -2.48. The normalized spacial score (nSPS) is 14.2. The molecule has 2 amide bonds. The Morgan fingerprint density at radius 2 is 1.51 bits per heavy atom. The molecule has 0 aliphatic carbocycles. The van der Waals surface area contributed by atoms with Crippen LogP contribution in [0.5, 0.6) is 11.5 Å². The Bertz CT molecular complexity index is 1280. The van der Waals surface area contributed by atoms with E-state index >= 15 is 0 Å². The number of benzene rings is 3. The van der Waals surface area contributed by atoms with Crippen LogP contribution in [0.1, 0.15) is 31.7 Å². The van der Waals surface area contributed by atoms with E-state index in [9.17, 15) is 13.2 Å². The fraction of sp³-hybridized carbons (Fsp3) is 0.345. The van der Waals surface area contributed by atoms with E-state index in [2.05, 4.69) is 34.0 Å². The molecule has 1 aliphatic rings. The molecule has 1 aliphatic heterocycles. The molecule has 39 heavy (non-hydrogen) atoms. The summed E-state index contributed by atoms with van der Waals surface area (Å²) < 4.78 is 31.0. The highest BCUT2D eigenvalue weighted by Crippen LogP contribution is 2.25. The molecular formula is C29H37ClN4O4S. The summed E-state index contributed by atoms with van der Waals surface area (Å²) in [5, 5.41) is 3.04. The van der Waals surface area contributed by atoms with Gasteiger partial charge in [-0.05, 0) is 73.4 Å². The standard InChI is InChI=1S/C29H36N4O4S.ClH/c1-3-19-33(29(34)30-24-7-5-4-6-8-24)26-17-20-32(21-18-26)22-23-9-13-27(14-10-23)37-28-15-11-25(12-16-28)31-38(2,35)36;/h4-16,26,31H,3,17-22H2,1-2H3,(H,30,34);1H. The zero-order valence-electron chi connectivity index (χ0n) is 22.4. The maximum absolute atomic E-state index is 13.0. The van der Waals surface area contributed by atoms with Gasteiger partial charge in [0.05, 0.1) is 6.26 Å². The van der Waals surface area contributed by atoms with Crippen LogP contribution in [-0.4, -0.2) is 56.2 Å². The number of halogens is 1.